The van der Waals surface area contributed by atoms with Crippen molar-refractivity contribution in [3.63, 3.8) is 0 Å². The van der Waals surface area contributed by atoms with Crippen molar-refractivity contribution in [2.24, 2.45) is 0 Å². The Balaban J connectivity index is 5.45. The van der Waals surface area contributed by atoms with Gasteiger partial charge in [-0.1, -0.05) is 265 Å². The lowest BCUT2D eigenvalue weighted by molar-refractivity contribution is -0.161. The van der Waals surface area contributed by atoms with E-state index in [2.05, 4.69) is 137 Å². The van der Waals surface area contributed by atoms with E-state index in [9.17, 15) is 43.2 Å². The van der Waals surface area contributed by atoms with Crippen molar-refractivity contribution in [2.75, 3.05) is 39.6 Å². The third-order valence-electron chi connectivity index (χ3n) is 16.4. The summed E-state index contributed by atoms with van der Waals surface area (Å²) in [5, 5.41) is 10.6. The summed E-state index contributed by atoms with van der Waals surface area (Å²) in [7, 11) is -9.99. The van der Waals surface area contributed by atoms with E-state index in [1.54, 1.807) is 0 Å². The maximum atomic E-state index is 13.1. The predicted molar refractivity (Wildman–Crippen MR) is 418 cm³/mol. The van der Waals surface area contributed by atoms with E-state index in [0.717, 1.165) is 154 Å². The molecular formula is C83H142O17P2. The first-order chi connectivity index (χ1) is 49.7. The SMILES string of the molecule is CCCCC/C=C\C/C=C\C/C=C\C/C=C\CCCC(=O)O[C@H](COC(=O)CCCCCCC/C=C\C=C/CCCCCC)COP(=O)(O)OC[C@H](O)COP(=O)(O)OC[C@@H](COC(=O)CCCCCCC/C=C\C/C=C\CCCCC)OC(=O)CCCCCCC/C=C\C/C=C\CCCCC. The Morgan fingerprint density at radius 1 is 0.284 bits per heavy atom. The van der Waals surface area contributed by atoms with Gasteiger partial charge in [0.05, 0.1) is 26.4 Å². The third kappa shape index (κ3) is 73.8. The fraction of sp³-hybridized carbons (Fsp3) is 0.711. The number of carbonyl (C=O) groups is 4. The first kappa shape index (κ1) is 97.5. The number of phosphoric acid groups is 2. The Bertz CT molecular complexity index is 2410. The first-order valence-corrected chi connectivity index (χ1v) is 42.8. The fourth-order valence-corrected chi connectivity index (χ4v) is 11.8. The van der Waals surface area contributed by atoms with Crippen LogP contribution in [0.5, 0.6) is 0 Å². The zero-order chi connectivity index (χ0) is 74.6. The number of carbonyl (C=O) groups excluding carboxylic acids is 4. The van der Waals surface area contributed by atoms with E-state index in [0.29, 0.717) is 32.1 Å². The number of hydrogen-bond donors (Lipinski definition) is 3. The van der Waals surface area contributed by atoms with Crippen LogP contribution in [-0.4, -0.2) is 96.7 Å². The van der Waals surface area contributed by atoms with Gasteiger partial charge in [-0.25, -0.2) is 9.13 Å². The quantitative estimate of drug-likeness (QED) is 0.0128. The van der Waals surface area contributed by atoms with Gasteiger partial charge in [0.1, 0.15) is 19.3 Å². The van der Waals surface area contributed by atoms with Crippen LogP contribution in [0, 0.1) is 0 Å². The van der Waals surface area contributed by atoms with Gasteiger partial charge >= 0.3 is 39.5 Å². The van der Waals surface area contributed by atoms with Crippen LogP contribution >= 0.6 is 15.6 Å². The number of aliphatic hydroxyl groups is 1. The summed E-state index contributed by atoms with van der Waals surface area (Å²) in [6.07, 6.45) is 81.8. The molecule has 0 aromatic rings. The average molecular weight is 1470 g/mol. The number of hydrogen-bond acceptors (Lipinski definition) is 15. The van der Waals surface area contributed by atoms with E-state index >= 15 is 0 Å². The van der Waals surface area contributed by atoms with Crippen LogP contribution in [0.1, 0.15) is 323 Å². The second-order valence-electron chi connectivity index (χ2n) is 26.3. The molecule has 0 bridgehead atoms. The summed E-state index contributed by atoms with van der Waals surface area (Å²) in [6.45, 7) is 4.67. The Morgan fingerprint density at radius 2 is 0.520 bits per heavy atom. The van der Waals surface area contributed by atoms with Crippen molar-refractivity contribution >= 4 is 39.5 Å². The molecule has 0 radical (unpaired) electrons. The lowest BCUT2D eigenvalue weighted by Crippen LogP contribution is -2.30. The molecule has 19 heteroatoms. The summed E-state index contributed by atoms with van der Waals surface area (Å²) in [5.74, 6) is -2.28. The van der Waals surface area contributed by atoms with Crippen molar-refractivity contribution in [3.05, 3.63) is 122 Å². The Labute approximate surface area is 619 Å². The molecule has 2 unspecified atom stereocenters. The number of allylic oxidation sites excluding steroid dienone is 20. The monoisotopic (exact) mass is 1470 g/mol. The fourth-order valence-electron chi connectivity index (χ4n) is 10.3. The smallest absolute Gasteiger partial charge is 0.462 e. The maximum absolute atomic E-state index is 13.1. The lowest BCUT2D eigenvalue weighted by Gasteiger charge is -2.21. The number of esters is 4. The zero-order valence-corrected chi connectivity index (χ0v) is 65.8. The number of unbranched alkanes of at least 4 members (excludes halogenated alkanes) is 29. The average Bonchev–Trinajstić information content (AvgIpc) is 0.917. The van der Waals surface area contributed by atoms with Gasteiger partial charge in [0, 0.05) is 25.7 Å². The minimum atomic E-state index is -5.00. The molecule has 0 aliphatic carbocycles. The minimum absolute atomic E-state index is 0.0133. The molecule has 0 heterocycles. The second-order valence-corrected chi connectivity index (χ2v) is 29.2. The third-order valence-corrected chi connectivity index (χ3v) is 18.3. The molecule has 102 heavy (non-hydrogen) atoms. The molecule has 17 nitrogen and oxygen atoms in total. The summed E-state index contributed by atoms with van der Waals surface area (Å²) in [6, 6.07) is 0. The van der Waals surface area contributed by atoms with Gasteiger partial charge in [0.25, 0.3) is 0 Å². The van der Waals surface area contributed by atoms with Gasteiger partial charge in [-0.15, -0.1) is 0 Å². The van der Waals surface area contributed by atoms with Gasteiger partial charge in [-0.2, -0.15) is 0 Å². The van der Waals surface area contributed by atoms with Crippen LogP contribution in [-0.2, 0) is 65.4 Å². The highest BCUT2D eigenvalue weighted by Crippen LogP contribution is 2.45. The Hall–Kier alpha value is -4.54. The van der Waals surface area contributed by atoms with E-state index in [4.69, 9.17) is 37.0 Å². The number of ether oxygens (including phenoxy) is 4. The summed E-state index contributed by atoms with van der Waals surface area (Å²) in [5.41, 5.74) is 0. The van der Waals surface area contributed by atoms with Crippen molar-refractivity contribution in [1.82, 2.24) is 0 Å². The predicted octanol–water partition coefficient (Wildman–Crippen LogP) is 23.1. The van der Waals surface area contributed by atoms with Crippen molar-refractivity contribution in [1.29, 1.82) is 0 Å². The molecule has 0 saturated carbocycles. The molecule has 0 aliphatic rings. The number of aliphatic hydroxyl groups excluding tert-OH is 1. The van der Waals surface area contributed by atoms with Crippen LogP contribution in [0.4, 0.5) is 0 Å². The highest BCUT2D eigenvalue weighted by atomic mass is 31.2. The first-order valence-electron chi connectivity index (χ1n) is 39.8. The van der Waals surface area contributed by atoms with Crippen molar-refractivity contribution in [3.8, 4) is 0 Å². The second kappa shape index (κ2) is 74.7. The normalized spacial score (nSPS) is 14.5. The molecule has 0 spiro atoms. The topological polar surface area (TPSA) is 237 Å². The molecule has 0 amide bonds. The van der Waals surface area contributed by atoms with Gasteiger partial charge in [0.15, 0.2) is 12.2 Å². The molecule has 0 saturated heterocycles. The van der Waals surface area contributed by atoms with Gasteiger partial charge in [-0.3, -0.25) is 37.3 Å². The van der Waals surface area contributed by atoms with Gasteiger partial charge < -0.3 is 33.8 Å². The van der Waals surface area contributed by atoms with Crippen molar-refractivity contribution < 1.29 is 80.2 Å². The molecule has 0 aromatic heterocycles. The van der Waals surface area contributed by atoms with E-state index in [1.165, 1.54) is 83.5 Å². The maximum Gasteiger partial charge on any atom is 0.472 e. The van der Waals surface area contributed by atoms with Crippen LogP contribution in [0.3, 0.4) is 0 Å². The molecule has 0 fully saturated rings. The lowest BCUT2D eigenvalue weighted by atomic mass is 10.1. The molecule has 0 aromatic carbocycles. The summed E-state index contributed by atoms with van der Waals surface area (Å²) < 4.78 is 68.5. The van der Waals surface area contributed by atoms with Crippen LogP contribution in [0.15, 0.2) is 122 Å². The molecular weight excluding hydrogens is 1330 g/mol. The van der Waals surface area contributed by atoms with E-state index in [-0.39, 0.29) is 25.7 Å². The summed E-state index contributed by atoms with van der Waals surface area (Å²) >= 11 is 0. The molecule has 0 rings (SSSR count). The van der Waals surface area contributed by atoms with E-state index in [1.807, 2.05) is 12.2 Å². The standard InChI is InChI=1S/C83H142O17P2/c1-5-9-13-17-21-25-29-33-37-38-42-46-50-54-58-62-66-70-83(88)100-79(74-94-81(86)68-64-60-56-52-48-44-40-35-31-27-23-19-15-11-7-3)76-98-102(91,92)96-72-77(84)71-95-101(89,90)97-75-78(99-82(87)69-65-61-57-53-49-45-41-36-32-28-24-20-16-12-8-4)73-93-80(85)67-63-59-55-51-47-43-39-34-30-26-22-18-14-10-6-2/h21-22,24-28,31,33-37,39-42,46,54,58,77-79,84H,5-20,23,29-30,32,38,43-45,47-53,55-57,59-76H2,1-4H3,(H,89,90)(H,91,92)/b25-21-,26-22-,28-24-,31-27-,37-33-,39-34-,40-35-,41-36-,46-42-,58-54-/t77-,78-,79-/m1/s1. The molecule has 0 aliphatic heterocycles. The molecule has 5 atom stereocenters. The largest absolute Gasteiger partial charge is 0.472 e. The van der Waals surface area contributed by atoms with E-state index < -0.39 is 97.5 Å². The molecule has 586 valence electrons. The number of rotatable bonds is 74. The highest BCUT2D eigenvalue weighted by Gasteiger charge is 2.30. The van der Waals surface area contributed by atoms with Crippen molar-refractivity contribution in [2.45, 2.75) is 341 Å². The van der Waals surface area contributed by atoms with Crippen LogP contribution in [0.25, 0.3) is 0 Å². The number of phosphoric ester groups is 2. The van der Waals surface area contributed by atoms with Gasteiger partial charge in [0.2, 0.25) is 0 Å². The Morgan fingerprint density at radius 3 is 0.853 bits per heavy atom. The van der Waals surface area contributed by atoms with Gasteiger partial charge in [-0.05, 0) is 154 Å². The minimum Gasteiger partial charge on any atom is -0.462 e. The van der Waals surface area contributed by atoms with Crippen LogP contribution in [0.2, 0.25) is 0 Å². The highest BCUT2D eigenvalue weighted by molar-refractivity contribution is 7.47. The zero-order valence-electron chi connectivity index (χ0n) is 64.0. The van der Waals surface area contributed by atoms with Crippen LogP contribution < -0.4 is 0 Å². The Kier molecular flexibility index (Phi) is 71.4. The summed E-state index contributed by atoms with van der Waals surface area (Å²) in [4.78, 5) is 73.0. The molecule has 3 N–H and O–H groups in total.